The Labute approximate surface area is 226 Å². The molecule has 3 saturated carbocycles. The van der Waals surface area contributed by atoms with Crippen molar-refractivity contribution in [3.63, 3.8) is 0 Å². The lowest BCUT2D eigenvalue weighted by Crippen LogP contribution is -2.50. The van der Waals surface area contributed by atoms with E-state index in [2.05, 4.69) is 40.7 Å². The molecule has 0 spiro atoms. The van der Waals surface area contributed by atoms with Crippen LogP contribution in [0.4, 0.5) is 0 Å². The van der Waals surface area contributed by atoms with E-state index in [0.717, 1.165) is 30.1 Å². The van der Waals surface area contributed by atoms with Crippen molar-refractivity contribution in [1.82, 2.24) is 0 Å². The van der Waals surface area contributed by atoms with Gasteiger partial charge in [0.15, 0.2) is 0 Å². The van der Waals surface area contributed by atoms with E-state index in [1.807, 2.05) is 0 Å². The van der Waals surface area contributed by atoms with Gasteiger partial charge in [-0.15, -0.1) is 11.6 Å². The largest absolute Gasteiger partial charge is 0.286 e. The van der Waals surface area contributed by atoms with Crippen molar-refractivity contribution in [3.8, 4) is 0 Å². The number of rotatable bonds is 10. The van der Waals surface area contributed by atoms with Gasteiger partial charge < -0.3 is 0 Å². The summed E-state index contributed by atoms with van der Waals surface area (Å²) in [6.45, 7) is 11.7. The lowest BCUT2D eigenvalue weighted by Gasteiger charge is -2.58. The molecule has 8 atom stereocenters. The van der Waals surface area contributed by atoms with Gasteiger partial charge in [0.1, 0.15) is 5.38 Å². The number of halogens is 1. The Hall–Kier alpha value is 0.0500. The number of hydrogen-bond donors (Lipinski definition) is 0. The third-order valence-electron chi connectivity index (χ3n) is 11.3. The van der Waals surface area contributed by atoms with Gasteiger partial charge in [-0.05, 0) is 98.2 Å². The summed E-state index contributed by atoms with van der Waals surface area (Å²) in [6, 6.07) is 0. The molecule has 3 fully saturated rings. The van der Waals surface area contributed by atoms with Gasteiger partial charge in [0.05, 0.1) is 0 Å². The Morgan fingerprint density at radius 2 is 1.77 bits per heavy atom. The molecule has 1 nitrogen and oxygen atoms in total. The van der Waals surface area contributed by atoms with Gasteiger partial charge in [-0.3, -0.25) is 4.79 Å². The van der Waals surface area contributed by atoms with E-state index in [0.29, 0.717) is 16.1 Å². The van der Waals surface area contributed by atoms with Crippen LogP contribution < -0.4 is 0 Å². The number of fused-ring (bicyclic) bond motifs is 5. The highest BCUT2D eigenvalue weighted by Gasteiger charge is 2.58. The zero-order valence-electron chi connectivity index (χ0n) is 23.4. The number of hydrogen-bond acceptors (Lipinski definition) is 2. The van der Waals surface area contributed by atoms with Gasteiger partial charge in [-0.1, -0.05) is 96.6 Å². The highest BCUT2D eigenvalue weighted by atomic mass is 35.5. The summed E-state index contributed by atoms with van der Waals surface area (Å²) in [5, 5.41) is 0.279. The van der Waals surface area contributed by atoms with Gasteiger partial charge >= 0.3 is 0 Å². The molecule has 0 bridgehead atoms. The minimum absolute atomic E-state index is 0.195. The summed E-state index contributed by atoms with van der Waals surface area (Å²) in [7, 11) is 0. The molecule has 35 heavy (non-hydrogen) atoms. The molecule has 4 rings (SSSR count). The second kappa shape index (κ2) is 11.8. The van der Waals surface area contributed by atoms with E-state index in [9.17, 15) is 4.79 Å². The molecule has 0 amide bonds. The third-order valence-corrected chi connectivity index (χ3v) is 13.3. The smallest absolute Gasteiger partial charge is 0.207 e. The Morgan fingerprint density at radius 3 is 2.51 bits per heavy atom. The molecule has 0 aromatic carbocycles. The number of thioether (sulfide) groups is 1. The lowest BCUT2D eigenvalue weighted by atomic mass is 9.47. The van der Waals surface area contributed by atoms with Gasteiger partial charge in [0.25, 0.3) is 0 Å². The molecule has 4 aliphatic rings. The van der Waals surface area contributed by atoms with Crippen LogP contribution in [0.3, 0.4) is 0 Å². The SMILES string of the molecule is CCCCCCCCC1CCC2C3CC=C4C[C@@H](SC(=O)C(Cl)C(C)C)CC[C@]4(C)C3CC[C@]12C. The van der Waals surface area contributed by atoms with E-state index in [4.69, 9.17) is 11.6 Å². The van der Waals surface area contributed by atoms with Gasteiger partial charge in [-0.25, -0.2) is 0 Å². The first-order chi connectivity index (χ1) is 16.7. The highest BCUT2D eigenvalue weighted by molar-refractivity contribution is 8.14. The quantitative estimate of drug-likeness (QED) is 0.162. The van der Waals surface area contributed by atoms with Crippen molar-refractivity contribution >= 4 is 28.5 Å². The Kier molecular flexibility index (Phi) is 9.49. The van der Waals surface area contributed by atoms with Crippen LogP contribution >= 0.6 is 23.4 Å². The topological polar surface area (TPSA) is 17.1 Å². The Balaban J connectivity index is 1.36. The van der Waals surface area contributed by atoms with Crippen LogP contribution in [0.5, 0.6) is 0 Å². The predicted octanol–water partition coefficient (Wildman–Crippen LogP) is 10.2. The first-order valence-corrected chi connectivity index (χ1v) is 16.6. The molecule has 0 aliphatic heterocycles. The Morgan fingerprint density at radius 1 is 1.03 bits per heavy atom. The molecule has 0 radical (unpaired) electrons. The fourth-order valence-corrected chi connectivity index (χ4v) is 10.4. The maximum Gasteiger partial charge on any atom is 0.207 e. The van der Waals surface area contributed by atoms with Crippen LogP contribution in [0.25, 0.3) is 0 Å². The van der Waals surface area contributed by atoms with Crippen molar-refractivity contribution in [3.05, 3.63) is 11.6 Å². The fourth-order valence-electron chi connectivity index (χ4n) is 8.98. The second-order valence-electron chi connectivity index (χ2n) is 13.6. The molecule has 0 N–H and O–H groups in total. The summed E-state index contributed by atoms with van der Waals surface area (Å²) in [5.74, 6) is 3.90. The van der Waals surface area contributed by atoms with Crippen molar-refractivity contribution in [2.24, 2.45) is 40.4 Å². The highest BCUT2D eigenvalue weighted by Crippen LogP contribution is 2.67. The van der Waals surface area contributed by atoms with Gasteiger partial charge in [0.2, 0.25) is 5.12 Å². The molecule has 4 aliphatic carbocycles. The first kappa shape index (κ1) is 28.1. The van der Waals surface area contributed by atoms with Crippen LogP contribution in [-0.4, -0.2) is 15.7 Å². The van der Waals surface area contributed by atoms with Crippen molar-refractivity contribution in [2.75, 3.05) is 0 Å². The molecule has 0 aromatic rings. The van der Waals surface area contributed by atoms with Crippen molar-refractivity contribution in [2.45, 2.75) is 142 Å². The molecule has 3 heteroatoms. The normalized spacial score (nSPS) is 39.5. The number of carbonyl (C=O) groups is 1. The fraction of sp³-hybridized carbons (Fsp3) is 0.906. The van der Waals surface area contributed by atoms with E-state index in [-0.39, 0.29) is 16.4 Å². The number of unbranched alkanes of at least 4 members (excludes halogenated alkanes) is 5. The molecule has 5 unspecified atom stereocenters. The molecule has 0 aromatic heterocycles. The average molecular weight is 521 g/mol. The lowest BCUT2D eigenvalue weighted by molar-refractivity contribution is -0.111. The number of alkyl halides is 1. The van der Waals surface area contributed by atoms with Crippen LogP contribution in [0, 0.1) is 40.4 Å². The summed E-state index contributed by atoms with van der Waals surface area (Å²) in [4.78, 5) is 12.7. The van der Waals surface area contributed by atoms with Crippen molar-refractivity contribution < 1.29 is 4.79 Å². The van der Waals surface area contributed by atoms with Gasteiger partial charge in [-0.2, -0.15) is 0 Å². The maximum atomic E-state index is 12.7. The van der Waals surface area contributed by atoms with E-state index in [1.54, 1.807) is 17.3 Å². The first-order valence-electron chi connectivity index (χ1n) is 15.2. The summed E-state index contributed by atoms with van der Waals surface area (Å²) in [5.41, 5.74) is 2.66. The summed E-state index contributed by atoms with van der Waals surface area (Å²) in [6.07, 6.45) is 23.4. The maximum absolute atomic E-state index is 12.7. The average Bonchev–Trinajstić information content (AvgIpc) is 3.17. The zero-order chi connectivity index (χ0) is 25.2. The summed E-state index contributed by atoms with van der Waals surface area (Å²) >= 11 is 7.95. The standard InChI is InChI=1S/C32H53ClOS/c1-6-7-8-9-10-11-12-23-14-16-27-26-15-13-24-21-25(35-30(34)29(33)22(2)3)17-19-32(24,5)28(26)18-20-31(23,27)4/h13,22-23,25-29H,6-12,14-21H2,1-5H3/t23?,25-,26?,27?,28?,29?,31+,32-/m0/s1. The Bertz CT molecular complexity index is 761. The van der Waals surface area contributed by atoms with E-state index < -0.39 is 0 Å². The predicted molar refractivity (Wildman–Crippen MR) is 154 cm³/mol. The molecular weight excluding hydrogens is 468 g/mol. The third kappa shape index (κ3) is 5.74. The minimum Gasteiger partial charge on any atom is -0.286 e. The van der Waals surface area contributed by atoms with Crippen LogP contribution in [0.15, 0.2) is 11.6 Å². The summed E-state index contributed by atoms with van der Waals surface area (Å²) < 4.78 is 0. The minimum atomic E-state index is -0.347. The molecular formula is C32H53ClOS. The number of carbonyl (C=O) groups excluding carboxylic acids is 1. The molecule has 0 saturated heterocycles. The van der Waals surface area contributed by atoms with Gasteiger partial charge in [0, 0.05) is 5.25 Å². The van der Waals surface area contributed by atoms with Crippen LogP contribution in [0.1, 0.15) is 131 Å². The number of allylic oxidation sites excluding steroid dienone is 2. The van der Waals surface area contributed by atoms with Crippen molar-refractivity contribution in [1.29, 1.82) is 0 Å². The second-order valence-corrected chi connectivity index (χ2v) is 15.4. The monoisotopic (exact) mass is 520 g/mol. The van der Waals surface area contributed by atoms with E-state index >= 15 is 0 Å². The zero-order valence-corrected chi connectivity index (χ0v) is 25.0. The van der Waals surface area contributed by atoms with Crippen LogP contribution in [0.2, 0.25) is 0 Å². The van der Waals surface area contributed by atoms with Crippen LogP contribution in [-0.2, 0) is 4.79 Å². The molecule has 200 valence electrons. The molecule has 0 heterocycles. The van der Waals surface area contributed by atoms with E-state index in [1.165, 1.54) is 89.9 Å².